The van der Waals surface area contributed by atoms with Gasteiger partial charge in [0.1, 0.15) is 5.82 Å². The lowest BCUT2D eigenvalue weighted by atomic mass is 10.0. The van der Waals surface area contributed by atoms with Crippen LogP contribution in [0.15, 0.2) is 0 Å². The van der Waals surface area contributed by atoms with Crippen LogP contribution in [0, 0.1) is 0 Å². The summed E-state index contributed by atoms with van der Waals surface area (Å²) in [5.74, 6) is 0.370. The van der Waals surface area contributed by atoms with Gasteiger partial charge in [-0.2, -0.15) is 5.10 Å². The molecule has 0 bridgehead atoms. The number of nitrogens with two attached hydrogens (primary N) is 1. The van der Waals surface area contributed by atoms with Crippen molar-refractivity contribution in [2.75, 3.05) is 12.8 Å². The first kappa shape index (κ1) is 11.0. The molecule has 1 saturated carbocycles. The Morgan fingerprint density at radius 3 is 2.62 bits per heavy atom. The zero-order valence-electron chi connectivity index (χ0n) is 9.86. The van der Waals surface area contributed by atoms with Crippen molar-refractivity contribution in [1.82, 2.24) is 9.78 Å². The maximum atomic E-state index is 11.6. The van der Waals surface area contributed by atoms with Crippen LogP contribution >= 0.6 is 0 Å². The Morgan fingerprint density at radius 1 is 1.56 bits per heavy atom. The predicted molar refractivity (Wildman–Crippen MR) is 60.3 cm³/mol. The first-order chi connectivity index (χ1) is 7.56. The Labute approximate surface area is 94.6 Å². The largest absolute Gasteiger partial charge is 0.464 e. The van der Waals surface area contributed by atoms with Gasteiger partial charge in [-0.1, -0.05) is 13.8 Å². The zero-order valence-corrected chi connectivity index (χ0v) is 9.86. The normalized spacial score (nSPS) is 15.5. The molecule has 1 aromatic heterocycles. The number of anilines is 1. The van der Waals surface area contributed by atoms with Crippen molar-refractivity contribution in [2.45, 2.75) is 38.6 Å². The fourth-order valence-corrected chi connectivity index (χ4v) is 1.87. The van der Waals surface area contributed by atoms with Crippen LogP contribution in [0.25, 0.3) is 0 Å². The van der Waals surface area contributed by atoms with Crippen LogP contribution in [0.2, 0.25) is 0 Å². The number of hydrogen-bond donors (Lipinski definition) is 1. The second kappa shape index (κ2) is 3.81. The molecule has 88 valence electrons. The van der Waals surface area contributed by atoms with Gasteiger partial charge in [0, 0.05) is 5.56 Å². The lowest BCUT2D eigenvalue weighted by molar-refractivity contribution is 0.0591. The van der Waals surface area contributed by atoms with Crippen molar-refractivity contribution in [3.05, 3.63) is 11.3 Å². The molecular formula is C11H17N3O2. The molecule has 2 rings (SSSR count). The topological polar surface area (TPSA) is 70.1 Å². The molecule has 0 aliphatic heterocycles. The second-order valence-corrected chi connectivity index (χ2v) is 4.47. The zero-order chi connectivity index (χ0) is 11.9. The number of nitrogen functional groups attached to an aromatic ring is 1. The van der Waals surface area contributed by atoms with Gasteiger partial charge in [0.25, 0.3) is 0 Å². The van der Waals surface area contributed by atoms with Crippen molar-refractivity contribution in [3.8, 4) is 0 Å². The third-order valence-corrected chi connectivity index (χ3v) is 2.83. The van der Waals surface area contributed by atoms with E-state index in [4.69, 9.17) is 10.5 Å². The van der Waals surface area contributed by atoms with E-state index >= 15 is 0 Å². The van der Waals surface area contributed by atoms with E-state index in [0.29, 0.717) is 17.6 Å². The molecule has 1 aromatic rings. The number of methoxy groups -OCH3 is 1. The molecule has 2 N–H and O–H groups in total. The van der Waals surface area contributed by atoms with Crippen LogP contribution in [-0.4, -0.2) is 22.9 Å². The molecule has 16 heavy (non-hydrogen) atoms. The van der Waals surface area contributed by atoms with E-state index in [0.717, 1.165) is 18.4 Å². The third kappa shape index (κ3) is 1.66. The first-order valence-electron chi connectivity index (χ1n) is 5.52. The summed E-state index contributed by atoms with van der Waals surface area (Å²) in [6.45, 7) is 3.99. The fourth-order valence-electron chi connectivity index (χ4n) is 1.87. The smallest absolute Gasteiger partial charge is 0.358 e. The number of carbonyl (C=O) groups is 1. The Morgan fingerprint density at radius 2 is 2.19 bits per heavy atom. The van der Waals surface area contributed by atoms with E-state index in [1.54, 1.807) is 4.68 Å². The van der Waals surface area contributed by atoms with Gasteiger partial charge in [-0.15, -0.1) is 0 Å². The highest BCUT2D eigenvalue weighted by atomic mass is 16.5. The van der Waals surface area contributed by atoms with E-state index in [2.05, 4.69) is 5.10 Å². The Hall–Kier alpha value is -1.52. The molecule has 0 atom stereocenters. The first-order valence-corrected chi connectivity index (χ1v) is 5.52. The molecule has 0 radical (unpaired) electrons. The van der Waals surface area contributed by atoms with Crippen LogP contribution in [0.3, 0.4) is 0 Å². The average Bonchev–Trinajstić information content (AvgIpc) is 3.01. The van der Waals surface area contributed by atoms with E-state index < -0.39 is 5.97 Å². The molecule has 0 amide bonds. The second-order valence-electron chi connectivity index (χ2n) is 4.47. The van der Waals surface area contributed by atoms with E-state index in [1.165, 1.54) is 7.11 Å². The number of ether oxygens (including phenoxy) is 1. The summed E-state index contributed by atoms with van der Waals surface area (Å²) in [6.07, 6.45) is 2.17. The minimum Gasteiger partial charge on any atom is -0.464 e. The molecule has 5 heteroatoms. The van der Waals surface area contributed by atoms with Gasteiger partial charge < -0.3 is 10.5 Å². The molecule has 0 unspecified atom stereocenters. The third-order valence-electron chi connectivity index (χ3n) is 2.83. The Balaban J connectivity index is 2.49. The van der Waals surface area contributed by atoms with Gasteiger partial charge in [0.15, 0.2) is 5.69 Å². The van der Waals surface area contributed by atoms with Gasteiger partial charge in [-0.05, 0) is 18.8 Å². The molecule has 5 nitrogen and oxygen atoms in total. The van der Waals surface area contributed by atoms with Gasteiger partial charge >= 0.3 is 5.97 Å². The van der Waals surface area contributed by atoms with E-state index in [1.807, 2.05) is 13.8 Å². The minimum absolute atomic E-state index is 0.168. The molecule has 0 saturated heterocycles. The molecule has 1 fully saturated rings. The fraction of sp³-hybridized carbons (Fsp3) is 0.636. The van der Waals surface area contributed by atoms with Gasteiger partial charge in [0.2, 0.25) is 0 Å². The van der Waals surface area contributed by atoms with Gasteiger partial charge in [-0.25, -0.2) is 9.48 Å². The molecule has 0 spiro atoms. The SMILES string of the molecule is COC(=O)c1nn(C2CC2)c(N)c1C(C)C. The van der Waals surface area contributed by atoms with Crippen LogP contribution < -0.4 is 5.73 Å². The van der Waals surface area contributed by atoms with Crippen molar-refractivity contribution in [3.63, 3.8) is 0 Å². The maximum absolute atomic E-state index is 11.6. The number of carbonyl (C=O) groups excluding carboxylic acids is 1. The summed E-state index contributed by atoms with van der Waals surface area (Å²) in [6, 6.07) is 0.371. The van der Waals surface area contributed by atoms with E-state index in [9.17, 15) is 4.79 Å². The van der Waals surface area contributed by atoms with Crippen LogP contribution in [0.5, 0.6) is 0 Å². The summed E-state index contributed by atoms with van der Waals surface area (Å²) in [5, 5.41) is 4.28. The Bertz CT molecular complexity index is 419. The quantitative estimate of drug-likeness (QED) is 0.792. The highest BCUT2D eigenvalue weighted by Gasteiger charge is 2.31. The minimum atomic E-state index is -0.408. The predicted octanol–water partition coefficient (Wildman–Crippen LogP) is 1.71. The summed E-state index contributed by atoms with van der Waals surface area (Å²) >= 11 is 0. The van der Waals surface area contributed by atoms with Crippen LogP contribution in [0.1, 0.15) is 54.7 Å². The van der Waals surface area contributed by atoms with Crippen molar-refractivity contribution >= 4 is 11.8 Å². The van der Waals surface area contributed by atoms with Crippen LogP contribution in [0.4, 0.5) is 5.82 Å². The number of rotatable bonds is 3. The van der Waals surface area contributed by atoms with E-state index in [-0.39, 0.29) is 5.92 Å². The lowest BCUT2D eigenvalue weighted by Crippen LogP contribution is -2.07. The standard InChI is InChI=1S/C11H17N3O2/c1-6(2)8-9(11(15)16-3)13-14(10(8)12)7-4-5-7/h6-7H,4-5,12H2,1-3H3. The van der Waals surface area contributed by atoms with Crippen molar-refractivity contribution < 1.29 is 9.53 Å². The monoisotopic (exact) mass is 223 g/mol. The van der Waals surface area contributed by atoms with Gasteiger partial charge in [0.05, 0.1) is 13.2 Å². The maximum Gasteiger partial charge on any atom is 0.358 e. The number of hydrogen-bond acceptors (Lipinski definition) is 4. The molecular weight excluding hydrogens is 206 g/mol. The summed E-state index contributed by atoms with van der Waals surface area (Å²) in [5.41, 5.74) is 7.20. The van der Waals surface area contributed by atoms with Crippen LogP contribution in [-0.2, 0) is 4.74 Å². The van der Waals surface area contributed by atoms with Gasteiger partial charge in [-0.3, -0.25) is 0 Å². The molecule has 1 aliphatic rings. The highest BCUT2D eigenvalue weighted by Crippen LogP contribution is 2.39. The summed E-state index contributed by atoms with van der Waals surface area (Å²) in [4.78, 5) is 11.6. The average molecular weight is 223 g/mol. The Kier molecular flexibility index (Phi) is 2.61. The molecule has 1 heterocycles. The summed E-state index contributed by atoms with van der Waals surface area (Å²) < 4.78 is 6.49. The molecule has 0 aromatic carbocycles. The number of aromatic nitrogens is 2. The number of nitrogens with zero attached hydrogens (tertiary/aromatic N) is 2. The van der Waals surface area contributed by atoms with Crippen molar-refractivity contribution in [1.29, 1.82) is 0 Å². The number of esters is 1. The van der Waals surface area contributed by atoms with Crippen molar-refractivity contribution in [2.24, 2.45) is 0 Å². The lowest BCUT2D eigenvalue weighted by Gasteiger charge is -2.06. The summed E-state index contributed by atoms with van der Waals surface area (Å²) in [7, 11) is 1.36. The highest BCUT2D eigenvalue weighted by molar-refractivity contribution is 5.90. The molecule has 1 aliphatic carbocycles.